The number of hydrogen-bond acceptors (Lipinski definition) is 5. The SMILES string of the molecule is CCOc1ccc(Nc2cc(NCc3ccc(Cl)cc3)nc(C)n2)cc1. The van der Waals surface area contributed by atoms with E-state index >= 15 is 0 Å². The van der Waals surface area contributed by atoms with Crippen LogP contribution in [0.1, 0.15) is 18.3 Å². The van der Waals surface area contributed by atoms with Crippen molar-refractivity contribution < 1.29 is 4.74 Å². The van der Waals surface area contributed by atoms with Gasteiger partial charge >= 0.3 is 0 Å². The summed E-state index contributed by atoms with van der Waals surface area (Å²) in [4.78, 5) is 8.88. The molecule has 134 valence electrons. The number of aromatic nitrogens is 2. The predicted molar refractivity (Wildman–Crippen MR) is 106 cm³/mol. The van der Waals surface area contributed by atoms with Crippen molar-refractivity contribution in [2.45, 2.75) is 20.4 Å². The maximum absolute atomic E-state index is 5.92. The summed E-state index contributed by atoms with van der Waals surface area (Å²) in [7, 11) is 0. The quantitative estimate of drug-likeness (QED) is 0.600. The van der Waals surface area contributed by atoms with Crippen molar-refractivity contribution in [1.29, 1.82) is 0 Å². The van der Waals surface area contributed by atoms with E-state index in [1.54, 1.807) is 0 Å². The zero-order valence-corrected chi connectivity index (χ0v) is 15.5. The van der Waals surface area contributed by atoms with Gasteiger partial charge in [0.05, 0.1) is 6.61 Å². The van der Waals surface area contributed by atoms with E-state index in [-0.39, 0.29) is 0 Å². The number of ether oxygens (including phenoxy) is 1. The summed E-state index contributed by atoms with van der Waals surface area (Å²) in [5.41, 5.74) is 2.07. The number of anilines is 3. The van der Waals surface area contributed by atoms with Gasteiger partial charge in [0.1, 0.15) is 23.2 Å². The molecule has 1 aromatic heterocycles. The lowest BCUT2D eigenvalue weighted by Gasteiger charge is -2.11. The second-order valence-corrected chi connectivity index (χ2v) is 6.18. The zero-order chi connectivity index (χ0) is 18.4. The molecule has 2 N–H and O–H groups in total. The third-order valence-corrected chi connectivity index (χ3v) is 3.91. The van der Waals surface area contributed by atoms with Gasteiger partial charge in [-0.05, 0) is 55.8 Å². The largest absolute Gasteiger partial charge is 0.494 e. The molecule has 0 spiro atoms. The Morgan fingerprint density at radius 1 is 0.962 bits per heavy atom. The van der Waals surface area contributed by atoms with Gasteiger partial charge in [0.25, 0.3) is 0 Å². The Kier molecular flexibility index (Phi) is 5.92. The second kappa shape index (κ2) is 8.54. The van der Waals surface area contributed by atoms with Crippen LogP contribution in [0.25, 0.3) is 0 Å². The molecule has 1 heterocycles. The van der Waals surface area contributed by atoms with Crippen molar-refractivity contribution in [3.05, 3.63) is 71.0 Å². The minimum Gasteiger partial charge on any atom is -0.494 e. The highest BCUT2D eigenvalue weighted by Gasteiger charge is 2.03. The average molecular weight is 369 g/mol. The van der Waals surface area contributed by atoms with Crippen molar-refractivity contribution in [1.82, 2.24) is 9.97 Å². The standard InChI is InChI=1S/C20H21ClN4O/c1-3-26-18-10-8-17(9-11-18)25-20-12-19(23-14(2)24-20)22-13-15-4-6-16(21)7-5-15/h4-12H,3,13H2,1-2H3,(H2,22,23,24,25). The van der Waals surface area contributed by atoms with Gasteiger partial charge in [0.2, 0.25) is 0 Å². The molecule has 0 aliphatic heterocycles. The molecule has 2 aromatic carbocycles. The molecule has 5 nitrogen and oxygen atoms in total. The van der Waals surface area contributed by atoms with Crippen LogP contribution in [0.4, 0.5) is 17.3 Å². The number of halogens is 1. The van der Waals surface area contributed by atoms with Crippen LogP contribution in [0.3, 0.4) is 0 Å². The number of hydrogen-bond donors (Lipinski definition) is 2. The molecule has 0 atom stereocenters. The molecule has 3 rings (SSSR count). The van der Waals surface area contributed by atoms with Gasteiger partial charge in [0, 0.05) is 23.3 Å². The molecule has 0 saturated heterocycles. The van der Waals surface area contributed by atoms with Gasteiger partial charge in [0.15, 0.2) is 0 Å². The highest BCUT2D eigenvalue weighted by atomic mass is 35.5. The maximum Gasteiger partial charge on any atom is 0.136 e. The first-order valence-corrected chi connectivity index (χ1v) is 8.84. The Hall–Kier alpha value is -2.79. The lowest BCUT2D eigenvalue weighted by Crippen LogP contribution is -2.05. The topological polar surface area (TPSA) is 59.1 Å². The Morgan fingerprint density at radius 2 is 1.65 bits per heavy atom. The van der Waals surface area contributed by atoms with Crippen LogP contribution in [0.2, 0.25) is 5.02 Å². The van der Waals surface area contributed by atoms with Crippen LogP contribution in [0, 0.1) is 6.92 Å². The molecule has 0 aliphatic carbocycles. The third-order valence-electron chi connectivity index (χ3n) is 3.66. The molecule has 0 fully saturated rings. The summed E-state index contributed by atoms with van der Waals surface area (Å²) in [6.45, 7) is 5.15. The fraction of sp³-hybridized carbons (Fsp3) is 0.200. The number of aryl methyl sites for hydroxylation is 1. The average Bonchev–Trinajstić information content (AvgIpc) is 2.63. The minimum atomic E-state index is 0.653. The summed E-state index contributed by atoms with van der Waals surface area (Å²) in [5, 5.41) is 7.35. The van der Waals surface area contributed by atoms with Gasteiger partial charge in [-0.1, -0.05) is 23.7 Å². The number of nitrogens with zero attached hydrogens (tertiary/aromatic N) is 2. The molecule has 0 amide bonds. The molecule has 0 unspecified atom stereocenters. The van der Waals surface area contributed by atoms with Crippen LogP contribution in [0.15, 0.2) is 54.6 Å². The van der Waals surface area contributed by atoms with Crippen LogP contribution in [-0.2, 0) is 6.54 Å². The summed E-state index contributed by atoms with van der Waals surface area (Å²) < 4.78 is 5.46. The molecular weight excluding hydrogens is 348 g/mol. The van der Waals surface area contributed by atoms with Crippen LogP contribution in [-0.4, -0.2) is 16.6 Å². The van der Waals surface area contributed by atoms with Gasteiger partial charge in [-0.15, -0.1) is 0 Å². The molecular formula is C20H21ClN4O. The van der Waals surface area contributed by atoms with Crippen molar-refractivity contribution in [2.75, 3.05) is 17.2 Å². The summed E-state index contributed by atoms with van der Waals surface area (Å²) >= 11 is 5.92. The smallest absolute Gasteiger partial charge is 0.136 e. The molecule has 6 heteroatoms. The van der Waals surface area contributed by atoms with Crippen molar-refractivity contribution in [3.8, 4) is 5.75 Å². The minimum absolute atomic E-state index is 0.653. The Morgan fingerprint density at radius 3 is 2.35 bits per heavy atom. The first-order chi connectivity index (χ1) is 12.6. The Bertz CT molecular complexity index is 851. The van der Waals surface area contributed by atoms with E-state index in [0.29, 0.717) is 19.0 Å². The summed E-state index contributed by atoms with van der Waals surface area (Å²) in [6.07, 6.45) is 0. The van der Waals surface area contributed by atoms with Crippen molar-refractivity contribution in [2.24, 2.45) is 0 Å². The molecule has 0 saturated carbocycles. The summed E-state index contributed by atoms with van der Waals surface area (Å²) in [6, 6.07) is 17.4. The molecule has 26 heavy (non-hydrogen) atoms. The zero-order valence-electron chi connectivity index (χ0n) is 14.8. The van der Waals surface area contributed by atoms with Crippen LogP contribution >= 0.6 is 11.6 Å². The highest BCUT2D eigenvalue weighted by Crippen LogP contribution is 2.21. The number of rotatable bonds is 7. The summed E-state index contributed by atoms with van der Waals surface area (Å²) in [5.74, 6) is 3.04. The van der Waals surface area contributed by atoms with E-state index in [1.807, 2.05) is 68.4 Å². The van der Waals surface area contributed by atoms with Crippen LogP contribution < -0.4 is 15.4 Å². The van der Waals surface area contributed by atoms with Crippen molar-refractivity contribution in [3.63, 3.8) is 0 Å². The highest BCUT2D eigenvalue weighted by molar-refractivity contribution is 6.30. The van der Waals surface area contributed by atoms with E-state index in [1.165, 1.54) is 0 Å². The Labute approximate surface area is 158 Å². The second-order valence-electron chi connectivity index (χ2n) is 5.75. The fourth-order valence-corrected chi connectivity index (χ4v) is 2.59. The fourth-order valence-electron chi connectivity index (χ4n) is 2.47. The first kappa shape index (κ1) is 18.0. The lowest BCUT2D eigenvalue weighted by atomic mass is 10.2. The monoisotopic (exact) mass is 368 g/mol. The Balaban J connectivity index is 1.67. The molecule has 3 aromatic rings. The van der Waals surface area contributed by atoms with Gasteiger partial charge in [-0.3, -0.25) is 0 Å². The molecule has 0 radical (unpaired) electrons. The molecule has 0 aliphatic rings. The normalized spacial score (nSPS) is 10.4. The predicted octanol–water partition coefficient (Wildman–Crippen LogP) is 5.19. The van der Waals surface area contributed by atoms with Crippen LogP contribution in [0.5, 0.6) is 5.75 Å². The maximum atomic E-state index is 5.92. The lowest BCUT2D eigenvalue weighted by molar-refractivity contribution is 0.340. The van der Waals surface area contributed by atoms with E-state index < -0.39 is 0 Å². The van der Waals surface area contributed by atoms with Gasteiger partial charge < -0.3 is 15.4 Å². The number of benzene rings is 2. The van der Waals surface area contributed by atoms with E-state index in [0.717, 1.165) is 33.7 Å². The first-order valence-electron chi connectivity index (χ1n) is 8.46. The van der Waals surface area contributed by atoms with E-state index in [4.69, 9.17) is 16.3 Å². The third kappa shape index (κ3) is 5.10. The van der Waals surface area contributed by atoms with E-state index in [2.05, 4.69) is 20.6 Å². The van der Waals surface area contributed by atoms with Crippen molar-refractivity contribution >= 4 is 28.9 Å². The van der Waals surface area contributed by atoms with Gasteiger partial charge in [-0.25, -0.2) is 9.97 Å². The number of nitrogens with one attached hydrogen (secondary N) is 2. The molecule has 0 bridgehead atoms. The van der Waals surface area contributed by atoms with E-state index in [9.17, 15) is 0 Å². The van der Waals surface area contributed by atoms with Gasteiger partial charge in [-0.2, -0.15) is 0 Å².